The smallest absolute Gasteiger partial charge is 0.118 e. The molecule has 1 aliphatic heterocycles. The zero-order valence-electron chi connectivity index (χ0n) is 12.2. The Morgan fingerprint density at radius 3 is 2.76 bits per heavy atom. The molecule has 0 radical (unpaired) electrons. The van der Waals surface area contributed by atoms with Gasteiger partial charge in [-0.15, -0.1) is 11.8 Å². The minimum absolute atomic E-state index is 0.839. The number of hydrogen-bond acceptors (Lipinski definition) is 4. The highest BCUT2D eigenvalue weighted by Gasteiger charge is 2.17. The third-order valence-electron chi connectivity index (χ3n) is 3.77. The normalized spacial score (nSPS) is 13.9. The summed E-state index contributed by atoms with van der Waals surface area (Å²) >= 11 is 1.91. The lowest BCUT2D eigenvalue weighted by molar-refractivity contribution is 0.414. The third-order valence-corrected chi connectivity index (χ3v) is 4.81. The molecule has 1 heterocycles. The summed E-state index contributed by atoms with van der Waals surface area (Å²) in [5.41, 5.74) is 9.38. The Kier molecular flexibility index (Phi) is 4.25. The topological polar surface area (TPSA) is 38.5 Å². The highest BCUT2D eigenvalue weighted by molar-refractivity contribution is 7.99. The maximum absolute atomic E-state index is 5.93. The molecule has 0 saturated carbocycles. The number of nitrogen functional groups attached to an aromatic ring is 1. The number of anilines is 2. The van der Waals surface area contributed by atoms with Gasteiger partial charge in [0.15, 0.2) is 0 Å². The van der Waals surface area contributed by atoms with Crippen molar-refractivity contribution in [3.8, 4) is 5.75 Å². The lowest BCUT2D eigenvalue weighted by Crippen LogP contribution is -2.31. The summed E-state index contributed by atoms with van der Waals surface area (Å²) in [6, 6.07) is 14.5. The Hall–Kier alpha value is -1.81. The van der Waals surface area contributed by atoms with Crippen molar-refractivity contribution in [1.29, 1.82) is 0 Å². The monoisotopic (exact) mass is 300 g/mol. The van der Waals surface area contributed by atoms with E-state index >= 15 is 0 Å². The van der Waals surface area contributed by atoms with Crippen molar-refractivity contribution in [1.82, 2.24) is 0 Å². The van der Waals surface area contributed by atoms with E-state index in [2.05, 4.69) is 29.2 Å². The fourth-order valence-corrected chi connectivity index (χ4v) is 3.61. The van der Waals surface area contributed by atoms with E-state index in [1.54, 1.807) is 7.11 Å². The van der Waals surface area contributed by atoms with Gasteiger partial charge in [0.05, 0.1) is 12.8 Å². The Labute approximate surface area is 130 Å². The molecule has 1 aliphatic rings. The molecule has 110 valence electrons. The number of thioether (sulfide) groups is 1. The number of fused-ring (bicyclic) bond motifs is 1. The molecular weight excluding hydrogens is 280 g/mol. The van der Waals surface area contributed by atoms with Gasteiger partial charge in [0.25, 0.3) is 0 Å². The molecule has 0 bridgehead atoms. The summed E-state index contributed by atoms with van der Waals surface area (Å²) < 4.78 is 5.20. The van der Waals surface area contributed by atoms with E-state index in [1.165, 1.54) is 16.1 Å². The molecule has 0 spiro atoms. The van der Waals surface area contributed by atoms with E-state index in [-0.39, 0.29) is 0 Å². The van der Waals surface area contributed by atoms with E-state index in [4.69, 9.17) is 10.5 Å². The fraction of sp³-hybridized carbons (Fsp3) is 0.294. The second-order valence-electron chi connectivity index (χ2n) is 5.16. The standard InChI is InChI=1S/C17H20N2OS/c1-20-15-5-2-13(3-6-15)8-9-19-10-11-21-17-7-4-14(18)12-16(17)19/h2-7,12H,8-11,18H2,1H3. The van der Waals surface area contributed by atoms with Gasteiger partial charge in [-0.3, -0.25) is 0 Å². The largest absolute Gasteiger partial charge is 0.497 e. The van der Waals surface area contributed by atoms with Crippen molar-refractivity contribution < 1.29 is 4.74 Å². The fourth-order valence-electron chi connectivity index (χ4n) is 2.58. The van der Waals surface area contributed by atoms with E-state index in [1.807, 2.05) is 30.0 Å². The average molecular weight is 300 g/mol. The summed E-state index contributed by atoms with van der Waals surface area (Å²) in [6.07, 6.45) is 1.03. The molecule has 0 aromatic heterocycles. The molecule has 4 heteroatoms. The molecule has 21 heavy (non-hydrogen) atoms. The number of hydrogen-bond donors (Lipinski definition) is 1. The highest BCUT2D eigenvalue weighted by Crippen LogP contribution is 2.36. The zero-order chi connectivity index (χ0) is 14.7. The van der Waals surface area contributed by atoms with E-state index in [9.17, 15) is 0 Å². The molecule has 0 fully saturated rings. The van der Waals surface area contributed by atoms with Crippen LogP contribution in [0.1, 0.15) is 5.56 Å². The molecule has 0 aliphatic carbocycles. The summed E-state index contributed by atoms with van der Waals surface area (Å²) in [7, 11) is 1.70. The lowest BCUT2D eigenvalue weighted by Gasteiger charge is -2.31. The first-order valence-electron chi connectivity index (χ1n) is 7.16. The van der Waals surface area contributed by atoms with Gasteiger partial charge in [0.1, 0.15) is 5.75 Å². The zero-order valence-corrected chi connectivity index (χ0v) is 13.0. The Bertz CT molecular complexity index is 613. The van der Waals surface area contributed by atoms with Gasteiger partial charge in [-0.1, -0.05) is 12.1 Å². The molecular formula is C17H20N2OS. The van der Waals surface area contributed by atoms with Gasteiger partial charge in [-0.25, -0.2) is 0 Å². The van der Waals surface area contributed by atoms with Gasteiger partial charge in [0.2, 0.25) is 0 Å². The second kappa shape index (κ2) is 6.31. The number of nitrogens with zero attached hydrogens (tertiary/aromatic N) is 1. The number of nitrogens with two attached hydrogens (primary N) is 1. The van der Waals surface area contributed by atoms with Crippen molar-refractivity contribution in [3.63, 3.8) is 0 Å². The van der Waals surface area contributed by atoms with Crippen molar-refractivity contribution in [2.75, 3.05) is 36.6 Å². The first-order valence-corrected chi connectivity index (χ1v) is 8.15. The third kappa shape index (κ3) is 3.27. The SMILES string of the molecule is COc1ccc(CCN2CCSc3ccc(N)cc32)cc1. The van der Waals surface area contributed by atoms with Crippen LogP contribution in [0.2, 0.25) is 0 Å². The molecule has 0 atom stereocenters. The van der Waals surface area contributed by atoms with Crippen LogP contribution >= 0.6 is 11.8 Å². The minimum Gasteiger partial charge on any atom is -0.497 e. The summed E-state index contributed by atoms with van der Waals surface area (Å²) in [5.74, 6) is 2.05. The summed E-state index contributed by atoms with van der Waals surface area (Å²) in [6.45, 7) is 2.10. The molecule has 3 rings (SSSR count). The van der Waals surface area contributed by atoms with Crippen molar-refractivity contribution >= 4 is 23.1 Å². The van der Waals surface area contributed by atoms with Crippen molar-refractivity contribution in [2.24, 2.45) is 0 Å². The summed E-state index contributed by atoms with van der Waals surface area (Å²) in [5, 5.41) is 0. The second-order valence-corrected chi connectivity index (χ2v) is 6.30. The van der Waals surface area contributed by atoms with Crippen LogP contribution in [0.3, 0.4) is 0 Å². The van der Waals surface area contributed by atoms with Crippen LogP contribution in [0, 0.1) is 0 Å². The van der Waals surface area contributed by atoms with Gasteiger partial charge >= 0.3 is 0 Å². The van der Waals surface area contributed by atoms with Gasteiger partial charge in [-0.05, 0) is 42.3 Å². The molecule has 2 aromatic carbocycles. The Balaban J connectivity index is 1.70. The Morgan fingerprint density at radius 2 is 2.00 bits per heavy atom. The van der Waals surface area contributed by atoms with Crippen LogP contribution in [0.4, 0.5) is 11.4 Å². The highest BCUT2D eigenvalue weighted by atomic mass is 32.2. The van der Waals surface area contributed by atoms with Gasteiger partial charge < -0.3 is 15.4 Å². The van der Waals surface area contributed by atoms with Crippen molar-refractivity contribution in [2.45, 2.75) is 11.3 Å². The maximum Gasteiger partial charge on any atom is 0.118 e. The van der Waals surface area contributed by atoms with Crippen LogP contribution in [-0.2, 0) is 6.42 Å². The van der Waals surface area contributed by atoms with Crippen LogP contribution < -0.4 is 15.4 Å². The number of methoxy groups -OCH3 is 1. The maximum atomic E-state index is 5.93. The van der Waals surface area contributed by atoms with Crippen LogP contribution in [-0.4, -0.2) is 26.0 Å². The van der Waals surface area contributed by atoms with E-state index in [0.717, 1.165) is 36.7 Å². The van der Waals surface area contributed by atoms with Gasteiger partial charge in [0, 0.05) is 29.4 Å². The quantitative estimate of drug-likeness (QED) is 0.878. The molecule has 3 nitrogen and oxygen atoms in total. The Morgan fingerprint density at radius 1 is 1.19 bits per heavy atom. The predicted molar refractivity (Wildman–Crippen MR) is 90.5 cm³/mol. The van der Waals surface area contributed by atoms with Crippen LogP contribution in [0.15, 0.2) is 47.4 Å². The molecule has 0 amide bonds. The summed E-state index contributed by atoms with van der Waals surface area (Å²) in [4.78, 5) is 3.78. The molecule has 0 saturated heterocycles. The average Bonchev–Trinajstić information content (AvgIpc) is 2.53. The first kappa shape index (κ1) is 14.1. The molecule has 0 unspecified atom stereocenters. The number of benzene rings is 2. The lowest BCUT2D eigenvalue weighted by atomic mass is 10.1. The molecule has 2 aromatic rings. The predicted octanol–water partition coefficient (Wildman–Crippen LogP) is 3.43. The first-order chi connectivity index (χ1) is 10.3. The minimum atomic E-state index is 0.839. The van der Waals surface area contributed by atoms with Gasteiger partial charge in [-0.2, -0.15) is 0 Å². The molecule has 2 N–H and O–H groups in total. The van der Waals surface area contributed by atoms with Crippen LogP contribution in [0.5, 0.6) is 5.75 Å². The van der Waals surface area contributed by atoms with Crippen molar-refractivity contribution in [3.05, 3.63) is 48.0 Å². The number of rotatable bonds is 4. The number of ether oxygens (including phenoxy) is 1. The van der Waals surface area contributed by atoms with E-state index in [0.29, 0.717) is 0 Å². The van der Waals surface area contributed by atoms with Crippen LogP contribution in [0.25, 0.3) is 0 Å². The van der Waals surface area contributed by atoms with E-state index < -0.39 is 0 Å².